The van der Waals surface area contributed by atoms with E-state index in [4.69, 9.17) is 0 Å². The molecular formula is C16H18N2O. The smallest absolute Gasteiger partial charge is 0.185 e. The largest absolute Gasteiger partial charge is 0.289 e. The lowest BCUT2D eigenvalue weighted by molar-refractivity contribution is 0.104. The summed E-state index contributed by atoms with van der Waals surface area (Å²) >= 11 is 0. The summed E-state index contributed by atoms with van der Waals surface area (Å²) in [7, 11) is 0. The van der Waals surface area contributed by atoms with Crippen LogP contribution in [-0.2, 0) is 6.54 Å². The molecule has 0 unspecified atom stereocenters. The van der Waals surface area contributed by atoms with E-state index in [0.29, 0.717) is 5.56 Å². The Morgan fingerprint density at radius 1 is 1.26 bits per heavy atom. The van der Waals surface area contributed by atoms with Crippen molar-refractivity contribution in [1.29, 1.82) is 0 Å². The fourth-order valence-corrected chi connectivity index (χ4v) is 2.12. The quantitative estimate of drug-likeness (QED) is 0.619. The third-order valence-electron chi connectivity index (χ3n) is 3.20. The number of ketones is 1. The van der Waals surface area contributed by atoms with Crippen LogP contribution in [0.1, 0.15) is 34.2 Å². The van der Waals surface area contributed by atoms with Gasteiger partial charge in [-0.05, 0) is 32.9 Å². The summed E-state index contributed by atoms with van der Waals surface area (Å²) in [5.74, 6) is 0.0173. The highest BCUT2D eigenvalue weighted by atomic mass is 16.1. The van der Waals surface area contributed by atoms with Gasteiger partial charge in [-0.2, -0.15) is 5.10 Å². The second-order valence-corrected chi connectivity index (χ2v) is 4.46. The van der Waals surface area contributed by atoms with Crippen molar-refractivity contribution in [2.75, 3.05) is 0 Å². The molecule has 0 amide bonds. The molecule has 0 fully saturated rings. The van der Waals surface area contributed by atoms with E-state index in [1.54, 1.807) is 6.08 Å². The van der Waals surface area contributed by atoms with Gasteiger partial charge in [0, 0.05) is 23.4 Å². The number of carbonyl (C=O) groups excluding carboxylic acids is 1. The summed E-state index contributed by atoms with van der Waals surface area (Å²) in [6.07, 6.45) is 3.48. The van der Waals surface area contributed by atoms with Gasteiger partial charge in [0.1, 0.15) is 0 Å². The molecule has 0 aliphatic carbocycles. The van der Waals surface area contributed by atoms with Gasteiger partial charge in [0.25, 0.3) is 0 Å². The molecule has 1 aromatic heterocycles. The van der Waals surface area contributed by atoms with Gasteiger partial charge in [-0.3, -0.25) is 9.48 Å². The Morgan fingerprint density at radius 3 is 2.53 bits per heavy atom. The SMILES string of the molecule is CCn1nc(C)c(/C=C/C(=O)c2ccccc2)c1C. The zero-order chi connectivity index (χ0) is 13.8. The first-order valence-corrected chi connectivity index (χ1v) is 6.45. The fourth-order valence-electron chi connectivity index (χ4n) is 2.12. The molecule has 98 valence electrons. The monoisotopic (exact) mass is 254 g/mol. The third kappa shape index (κ3) is 2.81. The van der Waals surface area contributed by atoms with E-state index < -0.39 is 0 Å². The highest BCUT2D eigenvalue weighted by molar-refractivity contribution is 6.06. The molecule has 2 aromatic rings. The summed E-state index contributed by atoms with van der Waals surface area (Å²) in [6.45, 7) is 6.89. The third-order valence-corrected chi connectivity index (χ3v) is 3.20. The first-order valence-electron chi connectivity index (χ1n) is 6.45. The van der Waals surface area contributed by atoms with Crippen molar-refractivity contribution in [3.8, 4) is 0 Å². The molecule has 0 spiro atoms. The van der Waals surface area contributed by atoms with E-state index in [-0.39, 0.29) is 5.78 Å². The number of benzene rings is 1. The molecule has 0 N–H and O–H groups in total. The number of hydrogen-bond donors (Lipinski definition) is 0. The molecular weight excluding hydrogens is 236 g/mol. The normalized spacial score (nSPS) is 11.1. The highest BCUT2D eigenvalue weighted by Gasteiger charge is 2.08. The van der Waals surface area contributed by atoms with E-state index in [1.165, 1.54) is 0 Å². The van der Waals surface area contributed by atoms with E-state index in [0.717, 1.165) is 23.5 Å². The van der Waals surface area contributed by atoms with Gasteiger partial charge in [-0.15, -0.1) is 0 Å². The highest BCUT2D eigenvalue weighted by Crippen LogP contribution is 2.15. The predicted octanol–water partition coefficient (Wildman–Crippen LogP) is 3.42. The maximum atomic E-state index is 12.0. The van der Waals surface area contributed by atoms with Crippen molar-refractivity contribution in [2.45, 2.75) is 27.3 Å². The van der Waals surface area contributed by atoms with Crippen LogP contribution < -0.4 is 0 Å². The minimum atomic E-state index is 0.0173. The Kier molecular flexibility index (Phi) is 3.95. The zero-order valence-corrected chi connectivity index (χ0v) is 11.6. The molecule has 2 rings (SSSR count). The lowest BCUT2D eigenvalue weighted by Crippen LogP contribution is -1.98. The van der Waals surface area contributed by atoms with Crippen LogP contribution in [0.4, 0.5) is 0 Å². The molecule has 0 saturated carbocycles. The standard InChI is InChI=1S/C16H18N2O/c1-4-18-13(3)15(12(2)17-18)10-11-16(19)14-8-6-5-7-9-14/h5-11H,4H2,1-3H3/b11-10+. The lowest BCUT2D eigenvalue weighted by Gasteiger charge is -1.98. The zero-order valence-electron chi connectivity index (χ0n) is 11.6. The Labute approximate surface area is 113 Å². The van der Waals surface area contributed by atoms with Crippen LogP contribution in [0.25, 0.3) is 6.08 Å². The summed E-state index contributed by atoms with van der Waals surface area (Å²) < 4.78 is 1.95. The number of nitrogens with zero attached hydrogens (tertiary/aromatic N) is 2. The van der Waals surface area contributed by atoms with Crippen molar-refractivity contribution in [1.82, 2.24) is 9.78 Å². The second kappa shape index (κ2) is 5.65. The van der Waals surface area contributed by atoms with Crippen molar-refractivity contribution in [2.24, 2.45) is 0 Å². The molecule has 0 saturated heterocycles. The molecule has 19 heavy (non-hydrogen) atoms. The molecule has 3 nitrogen and oxygen atoms in total. The number of carbonyl (C=O) groups is 1. The van der Waals surface area contributed by atoms with Crippen LogP contribution in [0.5, 0.6) is 0 Å². The van der Waals surface area contributed by atoms with Crippen molar-refractivity contribution >= 4 is 11.9 Å². The molecule has 0 radical (unpaired) electrons. The van der Waals surface area contributed by atoms with Crippen LogP contribution in [0.3, 0.4) is 0 Å². The molecule has 1 aromatic carbocycles. The first kappa shape index (κ1) is 13.3. The van der Waals surface area contributed by atoms with Crippen molar-refractivity contribution in [3.63, 3.8) is 0 Å². The van der Waals surface area contributed by atoms with Gasteiger partial charge in [0.05, 0.1) is 5.69 Å². The number of hydrogen-bond acceptors (Lipinski definition) is 2. The van der Waals surface area contributed by atoms with Crippen LogP contribution >= 0.6 is 0 Å². The van der Waals surface area contributed by atoms with Gasteiger partial charge < -0.3 is 0 Å². The summed E-state index contributed by atoms with van der Waals surface area (Å²) in [5.41, 5.74) is 3.79. The van der Waals surface area contributed by atoms with Crippen LogP contribution in [0, 0.1) is 13.8 Å². The average Bonchev–Trinajstić information content (AvgIpc) is 2.72. The molecule has 1 heterocycles. The summed E-state index contributed by atoms with van der Waals surface area (Å²) in [4.78, 5) is 12.0. The summed E-state index contributed by atoms with van der Waals surface area (Å²) in [5, 5.41) is 4.43. The number of allylic oxidation sites excluding steroid dienone is 1. The molecule has 0 aliphatic rings. The minimum Gasteiger partial charge on any atom is -0.289 e. The van der Waals surface area contributed by atoms with Gasteiger partial charge in [-0.25, -0.2) is 0 Å². The van der Waals surface area contributed by atoms with E-state index in [2.05, 4.69) is 12.0 Å². The van der Waals surface area contributed by atoms with Gasteiger partial charge in [0.2, 0.25) is 0 Å². The lowest BCUT2D eigenvalue weighted by atomic mass is 10.1. The Morgan fingerprint density at radius 2 is 1.95 bits per heavy atom. The predicted molar refractivity (Wildman–Crippen MR) is 77.2 cm³/mol. The van der Waals surface area contributed by atoms with E-state index in [9.17, 15) is 4.79 Å². The number of rotatable bonds is 4. The first-order chi connectivity index (χ1) is 9.13. The maximum Gasteiger partial charge on any atom is 0.185 e. The van der Waals surface area contributed by atoms with Gasteiger partial charge in [0.15, 0.2) is 5.78 Å². The van der Waals surface area contributed by atoms with Crippen LogP contribution in [-0.4, -0.2) is 15.6 Å². The van der Waals surface area contributed by atoms with Gasteiger partial charge >= 0.3 is 0 Å². The Hall–Kier alpha value is -2.16. The van der Waals surface area contributed by atoms with E-state index >= 15 is 0 Å². The number of aryl methyl sites for hydroxylation is 2. The topological polar surface area (TPSA) is 34.9 Å². The fraction of sp³-hybridized carbons (Fsp3) is 0.250. The van der Waals surface area contributed by atoms with E-state index in [1.807, 2.05) is 54.9 Å². The number of aromatic nitrogens is 2. The molecule has 0 aliphatic heterocycles. The van der Waals surface area contributed by atoms with Crippen LogP contribution in [0.15, 0.2) is 36.4 Å². The average molecular weight is 254 g/mol. The molecule has 3 heteroatoms. The molecule has 0 atom stereocenters. The Balaban J connectivity index is 2.24. The maximum absolute atomic E-state index is 12.0. The summed E-state index contributed by atoms with van der Waals surface area (Å²) in [6, 6.07) is 9.28. The van der Waals surface area contributed by atoms with Crippen molar-refractivity contribution in [3.05, 3.63) is 58.9 Å². The van der Waals surface area contributed by atoms with Crippen molar-refractivity contribution < 1.29 is 4.79 Å². The Bertz CT molecular complexity index is 609. The van der Waals surface area contributed by atoms with Gasteiger partial charge in [-0.1, -0.05) is 30.3 Å². The second-order valence-electron chi connectivity index (χ2n) is 4.46. The molecule has 0 bridgehead atoms. The van der Waals surface area contributed by atoms with Crippen LogP contribution in [0.2, 0.25) is 0 Å². The minimum absolute atomic E-state index is 0.0173.